The minimum Gasteiger partial charge on any atom is -0.490 e. The maximum absolute atomic E-state index is 11.8. The highest BCUT2D eigenvalue weighted by molar-refractivity contribution is 5.83. The molecule has 3 rings (SSSR count). The Morgan fingerprint density at radius 2 is 2.10 bits per heavy atom. The molecule has 3 N–H and O–H groups in total. The van der Waals surface area contributed by atoms with Gasteiger partial charge in [-0.1, -0.05) is 0 Å². The Hall–Kier alpha value is -1.81. The van der Waals surface area contributed by atoms with Gasteiger partial charge in [-0.15, -0.1) is 0 Å². The SMILES string of the molecule is Cc1cc2c(=O)[nH]ccc2cc1O[C@@H]1CCC[C@H](N)CC1. The number of fused-ring (bicyclic) bond motifs is 1. The summed E-state index contributed by atoms with van der Waals surface area (Å²) in [6.45, 7) is 1.99. The fourth-order valence-electron chi connectivity index (χ4n) is 3.04. The Bertz CT molecular complexity index is 693. The Morgan fingerprint density at radius 3 is 2.95 bits per heavy atom. The molecule has 0 aliphatic heterocycles. The third-order valence-corrected chi connectivity index (χ3v) is 4.32. The first-order valence-electron chi connectivity index (χ1n) is 7.68. The second-order valence-corrected chi connectivity index (χ2v) is 6.02. The average molecular weight is 286 g/mol. The number of hydrogen-bond donors (Lipinski definition) is 2. The van der Waals surface area contributed by atoms with Crippen molar-refractivity contribution in [3.8, 4) is 5.75 Å². The van der Waals surface area contributed by atoms with Crippen LogP contribution in [0, 0.1) is 6.92 Å². The summed E-state index contributed by atoms with van der Waals surface area (Å²) in [7, 11) is 0. The van der Waals surface area contributed by atoms with Gasteiger partial charge in [0.15, 0.2) is 0 Å². The largest absolute Gasteiger partial charge is 0.490 e. The molecular weight excluding hydrogens is 264 g/mol. The van der Waals surface area contributed by atoms with Crippen molar-refractivity contribution < 1.29 is 4.74 Å². The fraction of sp³-hybridized carbons (Fsp3) is 0.471. The molecule has 1 fully saturated rings. The summed E-state index contributed by atoms with van der Waals surface area (Å²) in [5.74, 6) is 0.883. The van der Waals surface area contributed by atoms with Crippen LogP contribution in [0.3, 0.4) is 0 Å². The predicted octanol–water partition coefficient (Wildman–Crippen LogP) is 2.88. The van der Waals surface area contributed by atoms with Crippen molar-refractivity contribution in [3.05, 3.63) is 40.3 Å². The number of nitrogens with two attached hydrogens (primary N) is 1. The molecule has 0 saturated heterocycles. The van der Waals surface area contributed by atoms with Gasteiger partial charge < -0.3 is 15.5 Å². The second-order valence-electron chi connectivity index (χ2n) is 6.02. The van der Waals surface area contributed by atoms with E-state index in [9.17, 15) is 4.79 Å². The van der Waals surface area contributed by atoms with E-state index in [2.05, 4.69) is 4.98 Å². The topological polar surface area (TPSA) is 68.1 Å². The van der Waals surface area contributed by atoms with E-state index in [1.807, 2.05) is 25.1 Å². The van der Waals surface area contributed by atoms with Gasteiger partial charge in [-0.05, 0) is 68.2 Å². The Morgan fingerprint density at radius 1 is 1.24 bits per heavy atom. The number of pyridine rings is 1. The Balaban J connectivity index is 1.86. The number of rotatable bonds is 2. The van der Waals surface area contributed by atoms with E-state index >= 15 is 0 Å². The van der Waals surface area contributed by atoms with Crippen LogP contribution in [0.5, 0.6) is 5.75 Å². The summed E-state index contributed by atoms with van der Waals surface area (Å²) in [6, 6.07) is 6.11. The minimum absolute atomic E-state index is 0.0532. The van der Waals surface area contributed by atoms with Crippen LogP contribution in [0.15, 0.2) is 29.2 Å². The van der Waals surface area contributed by atoms with Crippen LogP contribution < -0.4 is 16.0 Å². The molecule has 1 heterocycles. The maximum Gasteiger partial charge on any atom is 0.255 e. The van der Waals surface area contributed by atoms with Crippen LogP contribution in [0.1, 0.15) is 37.7 Å². The number of H-pyrrole nitrogens is 1. The summed E-state index contributed by atoms with van der Waals surface area (Å²) >= 11 is 0. The van der Waals surface area contributed by atoms with E-state index in [0.29, 0.717) is 11.4 Å². The first kappa shape index (κ1) is 14.1. The minimum atomic E-state index is -0.0532. The molecule has 1 aliphatic rings. The van der Waals surface area contributed by atoms with E-state index in [0.717, 1.165) is 48.8 Å². The van der Waals surface area contributed by atoms with Gasteiger partial charge in [0, 0.05) is 17.6 Å². The van der Waals surface area contributed by atoms with E-state index in [-0.39, 0.29) is 11.7 Å². The number of hydrogen-bond acceptors (Lipinski definition) is 3. The van der Waals surface area contributed by atoms with Gasteiger partial charge in [0.1, 0.15) is 5.75 Å². The van der Waals surface area contributed by atoms with Crippen LogP contribution >= 0.6 is 0 Å². The van der Waals surface area contributed by atoms with E-state index in [1.165, 1.54) is 0 Å². The van der Waals surface area contributed by atoms with Crippen molar-refractivity contribution in [2.75, 3.05) is 0 Å². The zero-order chi connectivity index (χ0) is 14.8. The van der Waals surface area contributed by atoms with Crippen LogP contribution in [0.2, 0.25) is 0 Å². The van der Waals surface area contributed by atoms with Crippen LogP contribution in [-0.4, -0.2) is 17.1 Å². The summed E-state index contributed by atoms with van der Waals surface area (Å²) < 4.78 is 6.19. The highest BCUT2D eigenvalue weighted by Crippen LogP contribution is 2.27. The van der Waals surface area contributed by atoms with Gasteiger partial charge in [-0.2, -0.15) is 0 Å². The van der Waals surface area contributed by atoms with Crippen LogP contribution in [0.25, 0.3) is 10.8 Å². The van der Waals surface area contributed by atoms with Crippen molar-refractivity contribution in [3.63, 3.8) is 0 Å². The molecule has 1 saturated carbocycles. The molecule has 4 heteroatoms. The number of aromatic amines is 1. The summed E-state index contributed by atoms with van der Waals surface area (Å²) in [6.07, 6.45) is 7.21. The van der Waals surface area contributed by atoms with Crippen molar-refractivity contribution in [1.82, 2.24) is 4.98 Å². The molecule has 4 nitrogen and oxygen atoms in total. The van der Waals surface area contributed by atoms with Crippen molar-refractivity contribution in [2.45, 2.75) is 51.2 Å². The lowest BCUT2D eigenvalue weighted by Crippen LogP contribution is -2.20. The zero-order valence-electron chi connectivity index (χ0n) is 12.4. The zero-order valence-corrected chi connectivity index (χ0v) is 12.4. The number of aryl methyl sites for hydroxylation is 1. The summed E-state index contributed by atoms with van der Waals surface area (Å²) in [4.78, 5) is 14.5. The first-order valence-corrected chi connectivity index (χ1v) is 7.68. The molecule has 0 unspecified atom stereocenters. The number of benzene rings is 1. The van der Waals surface area contributed by atoms with Crippen molar-refractivity contribution >= 4 is 10.8 Å². The molecule has 0 spiro atoms. The normalized spacial score (nSPS) is 23.0. The molecule has 1 aromatic heterocycles. The average Bonchev–Trinajstić information content (AvgIpc) is 2.66. The van der Waals surface area contributed by atoms with Gasteiger partial charge in [-0.3, -0.25) is 4.79 Å². The smallest absolute Gasteiger partial charge is 0.255 e. The first-order chi connectivity index (χ1) is 10.1. The highest BCUT2D eigenvalue weighted by Gasteiger charge is 2.18. The molecule has 112 valence electrons. The number of nitrogens with one attached hydrogen (secondary N) is 1. The molecule has 2 aromatic rings. The van der Waals surface area contributed by atoms with Gasteiger partial charge in [0.25, 0.3) is 5.56 Å². The second kappa shape index (κ2) is 5.90. The Kier molecular flexibility index (Phi) is 3.97. The lowest BCUT2D eigenvalue weighted by Gasteiger charge is -2.19. The van der Waals surface area contributed by atoms with E-state index in [4.69, 9.17) is 10.5 Å². The third-order valence-electron chi connectivity index (χ3n) is 4.32. The van der Waals surface area contributed by atoms with Crippen LogP contribution in [0.4, 0.5) is 0 Å². The molecule has 1 aliphatic carbocycles. The summed E-state index contributed by atoms with van der Waals surface area (Å²) in [5.41, 5.74) is 6.97. The van der Waals surface area contributed by atoms with Gasteiger partial charge in [-0.25, -0.2) is 0 Å². The molecule has 0 radical (unpaired) electrons. The quantitative estimate of drug-likeness (QED) is 0.834. The van der Waals surface area contributed by atoms with E-state index in [1.54, 1.807) is 6.20 Å². The molecule has 1 aromatic carbocycles. The van der Waals surface area contributed by atoms with Gasteiger partial charge in [0.2, 0.25) is 0 Å². The maximum atomic E-state index is 11.8. The molecule has 0 bridgehead atoms. The van der Waals surface area contributed by atoms with Crippen LogP contribution in [-0.2, 0) is 0 Å². The monoisotopic (exact) mass is 286 g/mol. The molecular formula is C17H22N2O2. The highest BCUT2D eigenvalue weighted by atomic mass is 16.5. The molecule has 21 heavy (non-hydrogen) atoms. The lowest BCUT2D eigenvalue weighted by molar-refractivity contribution is 0.182. The Labute approximate surface area is 124 Å². The molecule has 2 atom stereocenters. The predicted molar refractivity (Wildman–Crippen MR) is 84.8 cm³/mol. The van der Waals surface area contributed by atoms with E-state index < -0.39 is 0 Å². The summed E-state index contributed by atoms with van der Waals surface area (Å²) in [5, 5.41) is 1.63. The van der Waals surface area contributed by atoms with Crippen molar-refractivity contribution in [1.29, 1.82) is 0 Å². The van der Waals surface area contributed by atoms with Crippen molar-refractivity contribution in [2.24, 2.45) is 5.73 Å². The van der Waals surface area contributed by atoms with Gasteiger partial charge in [0.05, 0.1) is 6.10 Å². The fourth-order valence-corrected chi connectivity index (χ4v) is 3.04. The number of aromatic nitrogens is 1. The number of ether oxygens (including phenoxy) is 1. The molecule has 0 amide bonds. The third kappa shape index (κ3) is 3.10. The standard InChI is InChI=1S/C17H22N2O2/c1-11-9-15-12(7-8-19-17(15)20)10-16(11)21-14-4-2-3-13(18)5-6-14/h7-10,13-14H,2-6,18H2,1H3,(H,19,20)/t13-,14+/m0/s1. The van der Waals surface area contributed by atoms with Gasteiger partial charge >= 0.3 is 0 Å². The lowest BCUT2D eigenvalue weighted by atomic mass is 10.1.